The first-order valence-corrected chi connectivity index (χ1v) is 16.0. The number of hydrogen-bond acceptors (Lipinski definition) is 7. The van der Waals surface area contributed by atoms with Crippen molar-refractivity contribution < 1.29 is 41.4 Å². The van der Waals surface area contributed by atoms with Crippen LogP contribution in [0.5, 0.6) is 0 Å². The van der Waals surface area contributed by atoms with Crippen molar-refractivity contribution in [2.45, 2.75) is 25.4 Å². The molecule has 2 N–H and O–H groups in total. The molecule has 0 unspecified atom stereocenters. The van der Waals surface area contributed by atoms with Crippen molar-refractivity contribution in [2.24, 2.45) is 0 Å². The van der Waals surface area contributed by atoms with Gasteiger partial charge in [-0.05, 0) is 72.4 Å². The molecule has 0 spiro atoms. The van der Waals surface area contributed by atoms with Gasteiger partial charge in [0.05, 0.1) is 56.0 Å². The highest BCUT2D eigenvalue weighted by atomic mass is 32.2. The summed E-state index contributed by atoms with van der Waals surface area (Å²) >= 11 is 0. The number of hydrogen-bond donors (Lipinski definition) is 2. The standard InChI is InChI=1S/C32H33FN2O8S/c1-34-31(36)29-26-17-25(21-7-8-21)27(18-28(26)43-30(29)22-9-11-24(33)12-10-22)35(44(2,39)40)13-14-41-15-16-42-19-20-3-5-23(6-4-20)32(37)38/h3-6,9-12,17-18,21H,7-8,13-16,19H2,1-2H3,(H,34,36)(H,37,38). The van der Waals surface area contributed by atoms with Crippen molar-refractivity contribution in [3.05, 3.63) is 88.7 Å². The molecule has 1 aromatic heterocycles. The third-order valence-corrected chi connectivity index (χ3v) is 8.54. The zero-order valence-corrected chi connectivity index (χ0v) is 25.2. The first-order valence-electron chi connectivity index (χ1n) is 14.1. The van der Waals surface area contributed by atoms with Gasteiger partial charge < -0.3 is 24.3 Å². The minimum Gasteiger partial charge on any atom is -0.478 e. The lowest BCUT2D eigenvalue weighted by molar-refractivity contribution is 0.0435. The highest BCUT2D eigenvalue weighted by Gasteiger charge is 2.33. The maximum Gasteiger partial charge on any atom is 0.335 e. The van der Waals surface area contributed by atoms with Crippen molar-refractivity contribution in [1.29, 1.82) is 0 Å². The monoisotopic (exact) mass is 624 g/mol. The lowest BCUT2D eigenvalue weighted by atomic mass is 10.0. The van der Waals surface area contributed by atoms with Gasteiger partial charge >= 0.3 is 5.97 Å². The quantitative estimate of drug-likeness (QED) is 0.184. The zero-order valence-electron chi connectivity index (χ0n) is 24.3. The number of nitrogens with one attached hydrogen (secondary N) is 1. The lowest BCUT2D eigenvalue weighted by Crippen LogP contribution is -2.34. The third-order valence-electron chi connectivity index (χ3n) is 7.36. The molecule has 1 aliphatic rings. The van der Waals surface area contributed by atoms with Gasteiger partial charge in [0.15, 0.2) is 0 Å². The Bertz CT molecular complexity index is 1760. The summed E-state index contributed by atoms with van der Waals surface area (Å²) in [6, 6.07) is 15.5. The number of halogens is 1. The summed E-state index contributed by atoms with van der Waals surface area (Å²) < 4.78 is 58.4. The maximum absolute atomic E-state index is 13.6. The molecule has 0 radical (unpaired) electrons. The summed E-state index contributed by atoms with van der Waals surface area (Å²) in [5.74, 6) is -1.38. The molecule has 1 fully saturated rings. The number of sulfonamides is 1. The van der Waals surface area contributed by atoms with E-state index in [9.17, 15) is 22.4 Å². The fraction of sp³-hybridized carbons (Fsp3) is 0.312. The van der Waals surface area contributed by atoms with Crippen LogP contribution in [0.2, 0.25) is 0 Å². The van der Waals surface area contributed by atoms with Crippen LogP contribution in [-0.2, 0) is 26.1 Å². The Morgan fingerprint density at radius 2 is 1.70 bits per heavy atom. The van der Waals surface area contributed by atoms with Gasteiger partial charge in [-0.15, -0.1) is 0 Å². The van der Waals surface area contributed by atoms with Gasteiger partial charge in [-0.3, -0.25) is 9.10 Å². The second-order valence-electron chi connectivity index (χ2n) is 10.6. The zero-order chi connectivity index (χ0) is 31.4. The van der Waals surface area contributed by atoms with E-state index in [1.54, 1.807) is 18.2 Å². The predicted octanol–water partition coefficient (Wildman–Crippen LogP) is 5.17. The SMILES string of the molecule is CNC(=O)c1c(-c2ccc(F)cc2)oc2cc(N(CCOCCOCc3ccc(C(=O)O)cc3)S(C)(=O)=O)c(C3CC3)cc12. The minimum absolute atomic E-state index is 0.0501. The van der Waals surface area contributed by atoms with Crippen LogP contribution in [0.25, 0.3) is 22.3 Å². The number of amides is 1. The molecule has 5 rings (SSSR count). The molecule has 1 saturated carbocycles. The highest BCUT2D eigenvalue weighted by molar-refractivity contribution is 7.92. The lowest BCUT2D eigenvalue weighted by Gasteiger charge is -2.25. The smallest absolute Gasteiger partial charge is 0.335 e. The van der Waals surface area contributed by atoms with Crippen LogP contribution in [0.3, 0.4) is 0 Å². The van der Waals surface area contributed by atoms with Crippen molar-refractivity contribution >= 4 is 38.6 Å². The summed E-state index contributed by atoms with van der Waals surface area (Å²) in [7, 11) is -2.21. The normalized spacial score (nSPS) is 13.2. The van der Waals surface area contributed by atoms with Crippen LogP contribution >= 0.6 is 0 Å². The summed E-state index contributed by atoms with van der Waals surface area (Å²) in [4.78, 5) is 24.0. The topological polar surface area (TPSA) is 135 Å². The molecule has 0 bridgehead atoms. The van der Waals surface area contributed by atoms with E-state index in [-0.39, 0.29) is 56.1 Å². The van der Waals surface area contributed by atoms with Crippen LogP contribution in [0.1, 0.15) is 50.6 Å². The molecule has 44 heavy (non-hydrogen) atoms. The summed E-state index contributed by atoms with van der Waals surface area (Å²) in [6.45, 7) is 0.932. The third kappa shape index (κ3) is 7.09. The van der Waals surface area contributed by atoms with Crippen LogP contribution in [0.4, 0.5) is 10.1 Å². The minimum atomic E-state index is -3.72. The molecular weight excluding hydrogens is 591 g/mol. The molecule has 4 aromatic rings. The Morgan fingerprint density at radius 3 is 2.32 bits per heavy atom. The van der Waals surface area contributed by atoms with E-state index in [4.69, 9.17) is 19.0 Å². The van der Waals surface area contributed by atoms with E-state index in [1.165, 1.54) is 47.8 Å². The van der Waals surface area contributed by atoms with Crippen LogP contribution in [-0.4, -0.2) is 65.1 Å². The molecule has 0 atom stereocenters. The number of anilines is 1. The van der Waals surface area contributed by atoms with Gasteiger partial charge in [-0.2, -0.15) is 0 Å². The highest BCUT2D eigenvalue weighted by Crippen LogP contribution is 2.48. The number of carbonyl (C=O) groups excluding carboxylic acids is 1. The van der Waals surface area contributed by atoms with Crippen molar-refractivity contribution in [3.8, 4) is 11.3 Å². The van der Waals surface area contributed by atoms with Crippen LogP contribution in [0.15, 0.2) is 65.1 Å². The van der Waals surface area contributed by atoms with E-state index < -0.39 is 21.8 Å². The van der Waals surface area contributed by atoms with Crippen LogP contribution < -0.4 is 9.62 Å². The van der Waals surface area contributed by atoms with E-state index in [0.717, 1.165) is 30.2 Å². The Labute approximate surface area is 254 Å². The molecule has 0 aliphatic heterocycles. The number of nitrogens with zero attached hydrogens (tertiary/aromatic N) is 1. The number of furan rings is 1. The van der Waals surface area contributed by atoms with E-state index in [2.05, 4.69) is 5.32 Å². The molecule has 3 aromatic carbocycles. The van der Waals surface area contributed by atoms with E-state index in [1.807, 2.05) is 6.07 Å². The molecule has 1 heterocycles. The number of ether oxygens (including phenoxy) is 2. The summed E-state index contributed by atoms with van der Waals surface area (Å²) in [5.41, 5.74) is 3.44. The number of fused-ring (bicyclic) bond motifs is 1. The fourth-order valence-electron chi connectivity index (χ4n) is 5.01. The summed E-state index contributed by atoms with van der Waals surface area (Å²) in [5, 5.41) is 12.2. The van der Waals surface area contributed by atoms with Crippen molar-refractivity contribution in [3.63, 3.8) is 0 Å². The van der Waals surface area contributed by atoms with Crippen LogP contribution in [0, 0.1) is 5.82 Å². The average molecular weight is 625 g/mol. The average Bonchev–Trinajstić information content (AvgIpc) is 3.78. The molecule has 10 nitrogen and oxygen atoms in total. The molecule has 12 heteroatoms. The first-order chi connectivity index (χ1) is 21.1. The number of carboxylic acids is 1. The number of benzene rings is 3. The van der Waals surface area contributed by atoms with Crippen molar-refractivity contribution in [2.75, 3.05) is 44.0 Å². The number of rotatable bonds is 14. The van der Waals surface area contributed by atoms with Gasteiger partial charge in [0.25, 0.3) is 5.91 Å². The summed E-state index contributed by atoms with van der Waals surface area (Å²) in [6.07, 6.45) is 2.91. The van der Waals surface area contributed by atoms with Crippen molar-refractivity contribution in [1.82, 2.24) is 5.32 Å². The largest absolute Gasteiger partial charge is 0.478 e. The molecule has 232 valence electrons. The van der Waals surface area contributed by atoms with Gasteiger partial charge in [0.1, 0.15) is 17.2 Å². The predicted molar refractivity (Wildman–Crippen MR) is 163 cm³/mol. The van der Waals surface area contributed by atoms with E-state index in [0.29, 0.717) is 27.8 Å². The first kappa shape index (κ1) is 31.2. The Balaban J connectivity index is 1.33. The maximum atomic E-state index is 13.6. The Hall–Kier alpha value is -4.26. The Morgan fingerprint density at radius 1 is 1.02 bits per heavy atom. The number of carbonyl (C=O) groups is 2. The number of aromatic carboxylic acids is 1. The molecule has 1 amide bonds. The van der Waals surface area contributed by atoms with E-state index >= 15 is 0 Å². The number of carboxylic acid groups (broad SMARTS) is 1. The second kappa shape index (κ2) is 13.2. The second-order valence-corrected chi connectivity index (χ2v) is 12.5. The van der Waals surface area contributed by atoms with Gasteiger partial charge in [-0.25, -0.2) is 17.6 Å². The molecule has 0 saturated heterocycles. The van der Waals surface area contributed by atoms with Gasteiger partial charge in [0.2, 0.25) is 10.0 Å². The Kier molecular flexibility index (Phi) is 9.33. The van der Waals surface area contributed by atoms with Gasteiger partial charge in [-0.1, -0.05) is 12.1 Å². The molecule has 1 aliphatic carbocycles. The fourth-order valence-corrected chi connectivity index (χ4v) is 5.93. The van der Waals surface area contributed by atoms with Gasteiger partial charge in [0, 0.05) is 24.1 Å². The molecular formula is C32H33FN2O8S.